The summed E-state index contributed by atoms with van der Waals surface area (Å²) in [4.78, 5) is 11.5. The Bertz CT molecular complexity index is 209. The first-order valence-corrected chi connectivity index (χ1v) is 5.63. The molecule has 0 saturated heterocycles. The highest BCUT2D eigenvalue weighted by atomic mass is 35.5. The SMILES string of the molecule is O=C(NCC1(CCl)CC1)C1CCC1. The van der Waals surface area contributed by atoms with E-state index in [0.29, 0.717) is 11.8 Å². The average Bonchev–Trinajstić information content (AvgIpc) is 2.78. The van der Waals surface area contributed by atoms with Crippen molar-refractivity contribution in [1.82, 2.24) is 5.32 Å². The van der Waals surface area contributed by atoms with Gasteiger partial charge in [-0.2, -0.15) is 0 Å². The van der Waals surface area contributed by atoms with Crippen LogP contribution in [0.15, 0.2) is 0 Å². The van der Waals surface area contributed by atoms with E-state index in [1.807, 2.05) is 0 Å². The number of halogens is 1. The van der Waals surface area contributed by atoms with Crippen molar-refractivity contribution in [2.45, 2.75) is 32.1 Å². The monoisotopic (exact) mass is 201 g/mol. The van der Waals surface area contributed by atoms with Gasteiger partial charge in [0.05, 0.1) is 0 Å². The van der Waals surface area contributed by atoms with Gasteiger partial charge in [0.2, 0.25) is 5.91 Å². The molecule has 2 fully saturated rings. The largest absolute Gasteiger partial charge is 0.355 e. The fraction of sp³-hybridized carbons (Fsp3) is 0.900. The van der Waals surface area contributed by atoms with Crippen LogP contribution in [0, 0.1) is 11.3 Å². The van der Waals surface area contributed by atoms with E-state index in [1.165, 1.54) is 19.3 Å². The second-order valence-electron chi connectivity index (χ2n) is 4.48. The maximum absolute atomic E-state index is 11.5. The molecule has 1 amide bonds. The highest BCUT2D eigenvalue weighted by Crippen LogP contribution is 2.46. The van der Waals surface area contributed by atoms with Crippen molar-refractivity contribution in [3.63, 3.8) is 0 Å². The lowest BCUT2D eigenvalue weighted by atomic mass is 9.85. The molecule has 74 valence electrons. The van der Waals surface area contributed by atoms with E-state index >= 15 is 0 Å². The van der Waals surface area contributed by atoms with Gasteiger partial charge < -0.3 is 5.32 Å². The Balaban J connectivity index is 1.69. The van der Waals surface area contributed by atoms with Crippen LogP contribution in [0.4, 0.5) is 0 Å². The lowest BCUT2D eigenvalue weighted by molar-refractivity contribution is -0.127. The molecule has 0 radical (unpaired) electrons. The van der Waals surface area contributed by atoms with Gasteiger partial charge in [-0.1, -0.05) is 6.42 Å². The van der Waals surface area contributed by atoms with E-state index in [1.54, 1.807) is 0 Å². The van der Waals surface area contributed by atoms with E-state index in [9.17, 15) is 4.79 Å². The first-order chi connectivity index (χ1) is 6.26. The third kappa shape index (κ3) is 1.98. The van der Waals surface area contributed by atoms with Gasteiger partial charge in [-0.15, -0.1) is 11.6 Å². The van der Waals surface area contributed by atoms with Crippen LogP contribution in [-0.2, 0) is 4.79 Å². The molecule has 2 nitrogen and oxygen atoms in total. The Hall–Kier alpha value is -0.240. The highest BCUT2D eigenvalue weighted by molar-refractivity contribution is 6.18. The summed E-state index contributed by atoms with van der Waals surface area (Å²) in [6, 6.07) is 0. The van der Waals surface area contributed by atoms with E-state index in [-0.39, 0.29) is 11.3 Å². The first-order valence-electron chi connectivity index (χ1n) is 5.09. The number of carbonyl (C=O) groups is 1. The zero-order chi connectivity index (χ0) is 9.31. The van der Waals surface area contributed by atoms with Crippen molar-refractivity contribution in [1.29, 1.82) is 0 Å². The summed E-state index contributed by atoms with van der Waals surface area (Å²) in [6.45, 7) is 0.797. The first kappa shape index (κ1) is 9.32. The molecule has 0 aromatic heterocycles. The van der Waals surface area contributed by atoms with Gasteiger partial charge in [0.25, 0.3) is 0 Å². The van der Waals surface area contributed by atoms with Crippen LogP contribution in [0.1, 0.15) is 32.1 Å². The summed E-state index contributed by atoms with van der Waals surface area (Å²) in [6.07, 6.45) is 5.75. The molecule has 13 heavy (non-hydrogen) atoms. The predicted octanol–water partition coefficient (Wildman–Crippen LogP) is 1.92. The van der Waals surface area contributed by atoms with Crippen molar-refractivity contribution in [3.8, 4) is 0 Å². The van der Waals surface area contributed by atoms with E-state index < -0.39 is 0 Å². The minimum absolute atomic E-state index is 0.252. The van der Waals surface area contributed by atoms with Gasteiger partial charge in [0, 0.05) is 23.8 Å². The number of nitrogens with one attached hydrogen (secondary N) is 1. The van der Waals surface area contributed by atoms with Crippen LogP contribution in [0.25, 0.3) is 0 Å². The molecule has 3 heteroatoms. The average molecular weight is 202 g/mol. The molecule has 2 saturated carbocycles. The third-order valence-corrected chi connectivity index (χ3v) is 3.92. The molecule has 0 spiro atoms. The van der Waals surface area contributed by atoms with Gasteiger partial charge in [-0.05, 0) is 25.7 Å². The summed E-state index contributed by atoms with van der Waals surface area (Å²) in [7, 11) is 0. The Labute approximate surface area is 84.0 Å². The number of hydrogen-bond donors (Lipinski definition) is 1. The summed E-state index contributed by atoms with van der Waals surface area (Å²) in [5.74, 6) is 1.26. The molecule has 0 heterocycles. The number of alkyl halides is 1. The number of amides is 1. The number of hydrogen-bond acceptors (Lipinski definition) is 1. The molecular formula is C10H16ClNO. The lowest BCUT2D eigenvalue weighted by Crippen LogP contribution is -2.38. The van der Waals surface area contributed by atoms with Crippen molar-refractivity contribution in [3.05, 3.63) is 0 Å². The summed E-state index contributed by atoms with van der Waals surface area (Å²) in [5, 5.41) is 3.01. The topological polar surface area (TPSA) is 29.1 Å². The van der Waals surface area contributed by atoms with Crippen LogP contribution in [-0.4, -0.2) is 18.3 Å². The molecule has 2 rings (SSSR count). The number of carbonyl (C=O) groups excluding carboxylic acids is 1. The molecule has 0 aliphatic heterocycles. The van der Waals surface area contributed by atoms with Gasteiger partial charge in [0.15, 0.2) is 0 Å². The molecular weight excluding hydrogens is 186 g/mol. The van der Waals surface area contributed by atoms with E-state index in [2.05, 4.69) is 5.32 Å². The van der Waals surface area contributed by atoms with Crippen LogP contribution in [0.5, 0.6) is 0 Å². The second-order valence-corrected chi connectivity index (χ2v) is 4.75. The van der Waals surface area contributed by atoms with Crippen molar-refractivity contribution >= 4 is 17.5 Å². The van der Waals surface area contributed by atoms with Crippen molar-refractivity contribution in [2.24, 2.45) is 11.3 Å². The quantitative estimate of drug-likeness (QED) is 0.692. The Morgan fingerprint density at radius 2 is 2.15 bits per heavy atom. The van der Waals surface area contributed by atoms with Gasteiger partial charge >= 0.3 is 0 Å². The fourth-order valence-electron chi connectivity index (χ4n) is 1.62. The van der Waals surface area contributed by atoms with Gasteiger partial charge in [0.1, 0.15) is 0 Å². The molecule has 0 bridgehead atoms. The van der Waals surface area contributed by atoms with Crippen LogP contribution in [0.3, 0.4) is 0 Å². The summed E-state index contributed by atoms with van der Waals surface area (Å²) < 4.78 is 0. The van der Waals surface area contributed by atoms with Crippen molar-refractivity contribution < 1.29 is 4.79 Å². The van der Waals surface area contributed by atoms with Gasteiger partial charge in [-0.3, -0.25) is 4.79 Å². The number of rotatable bonds is 4. The predicted molar refractivity (Wildman–Crippen MR) is 52.7 cm³/mol. The standard InChI is InChI=1S/C10H16ClNO/c11-6-10(4-5-10)7-12-9(13)8-2-1-3-8/h8H,1-7H2,(H,12,13). The fourth-order valence-corrected chi connectivity index (χ4v) is 1.99. The normalized spacial score (nSPS) is 25.0. The molecule has 2 aliphatic carbocycles. The molecule has 0 atom stereocenters. The molecule has 0 unspecified atom stereocenters. The second kappa shape index (κ2) is 3.49. The molecule has 2 aliphatic rings. The smallest absolute Gasteiger partial charge is 0.223 e. The van der Waals surface area contributed by atoms with Crippen molar-refractivity contribution in [2.75, 3.05) is 12.4 Å². The molecule has 0 aromatic rings. The van der Waals surface area contributed by atoms with E-state index in [4.69, 9.17) is 11.6 Å². The summed E-state index contributed by atoms with van der Waals surface area (Å²) >= 11 is 5.82. The minimum Gasteiger partial charge on any atom is -0.355 e. The molecule has 1 N–H and O–H groups in total. The maximum atomic E-state index is 11.5. The van der Waals surface area contributed by atoms with Crippen LogP contribution in [0.2, 0.25) is 0 Å². The third-order valence-electron chi connectivity index (χ3n) is 3.35. The summed E-state index contributed by atoms with van der Waals surface area (Å²) in [5.41, 5.74) is 0.265. The highest BCUT2D eigenvalue weighted by Gasteiger charge is 2.42. The zero-order valence-electron chi connectivity index (χ0n) is 7.81. The van der Waals surface area contributed by atoms with E-state index in [0.717, 1.165) is 19.4 Å². The van der Waals surface area contributed by atoms with Crippen LogP contribution >= 0.6 is 11.6 Å². The Kier molecular flexibility index (Phi) is 2.50. The maximum Gasteiger partial charge on any atom is 0.223 e. The zero-order valence-corrected chi connectivity index (χ0v) is 8.57. The van der Waals surface area contributed by atoms with Crippen LogP contribution < -0.4 is 5.32 Å². The lowest BCUT2D eigenvalue weighted by Gasteiger charge is -2.25. The minimum atomic E-state index is 0.252. The Morgan fingerprint density at radius 1 is 1.46 bits per heavy atom. The molecule has 0 aromatic carbocycles. The Morgan fingerprint density at radius 3 is 2.54 bits per heavy atom. The van der Waals surface area contributed by atoms with Gasteiger partial charge in [-0.25, -0.2) is 0 Å².